The summed E-state index contributed by atoms with van der Waals surface area (Å²) in [5.74, 6) is 0.679. The maximum absolute atomic E-state index is 12.0. The molecule has 8 bridgehead atoms. The number of aromatic hydroxyl groups is 3. The largest absolute Gasteiger partial charge is 0.507 e. The number of fused-ring (bicyclic) bond motifs is 8. The van der Waals surface area contributed by atoms with Crippen molar-refractivity contribution in [1.82, 2.24) is 15.0 Å². The van der Waals surface area contributed by atoms with Crippen LogP contribution in [-0.2, 0) is 25.7 Å². The van der Waals surface area contributed by atoms with Crippen LogP contribution >= 0.6 is 0 Å². The first-order valence-corrected chi connectivity index (χ1v) is 18.0. The molecule has 13 nitrogen and oxygen atoms in total. The van der Waals surface area contributed by atoms with Gasteiger partial charge in [0.15, 0.2) is 0 Å². The molecule has 0 saturated carbocycles. The highest BCUT2D eigenvalue weighted by Crippen LogP contribution is 2.42. The normalized spacial score (nSPS) is 12.7. The number of aromatic nitrogens is 3. The monoisotopic (exact) mass is 753 g/mol. The summed E-state index contributed by atoms with van der Waals surface area (Å²) in [4.78, 5) is 12.4. The molecule has 57 heavy (non-hydrogen) atoms. The molecule has 7 aromatic rings. The molecule has 0 amide bonds. The van der Waals surface area contributed by atoms with Crippen LogP contribution in [0.5, 0.6) is 23.0 Å². The molecule has 4 aromatic carbocycles. The first-order chi connectivity index (χ1) is 27.9. The second kappa shape index (κ2) is 16.4. The summed E-state index contributed by atoms with van der Waals surface area (Å²) in [7, 11) is 1.60. The summed E-state index contributed by atoms with van der Waals surface area (Å²) in [5.41, 5.74) is 7.82. The molecule has 0 fully saturated rings. The van der Waals surface area contributed by atoms with E-state index in [0.29, 0.717) is 73.3 Å². The third-order valence-corrected chi connectivity index (χ3v) is 9.44. The van der Waals surface area contributed by atoms with Crippen molar-refractivity contribution < 1.29 is 20.1 Å². The molecular weight excluding hydrogens is 719 g/mol. The van der Waals surface area contributed by atoms with Crippen LogP contribution < -0.4 is 4.74 Å². The van der Waals surface area contributed by atoms with Crippen LogP contribution in [0.1, 0.15) is 44.5 Å². The van der Waals surface area contributed by atoms with Gasteiger partial charge in [-0.3, -0.25) is 15.0 Å². The van der Waals surface area contributed by atoms with Crippen molar-refractivity contribution in [2.75, 3.05) is 7.11 Å². The lowest BCUT2D eigenvalue weighted by Gasteiger charge is -2.19. The van der Waals surface area contributed by atoms with Crippen LogP contribution in [0.25, 0.3) is 0 Å². The third-order valence-electron chi connectivity index (χ3n) is 9.44. The molecular formula is C44H35N9O4. The summed E-state index contributed by atoms with van der Waals surface area (Å²) < 4.78 is 6.02. The third kappa shape index (κ3) is 8.37. The summed E-state index contributed by atoms with van der Waals surface area (Å²) >= 11 is 0. The van der Waals surface area contributed by atoms with Crippen LogP contribution in [0.2, 0.25) is 0 Å². The van der Waals surface area contributed by atoms with E-state index < -0.39 is 0 Å². The van der Waals surface area contributed by atoms with Crippen molar-refractivity contribution in [2.45, 2.75) is 25.7 Å². The van der Waals surface area contributed by atoms with Gasteiger partial charge in [-0.1, -0.05) is 18.2 Å². The summed E-state index contributed by atoms with van der Waals surface area (Å²) in [6, 6.07) is 27.0. The molecule has 8 rings (SSSR count). The van der Waals surface area contributed by atoms with E-state index in [2.05, 4.69) is 45.6 Å². The van der Waals surface area contributed by atoms with Gasteiger partial charge in [0.25, 0.3) is 0 Å². The smallest absolute Gasteiger partial charge is 0.125 e. The molecule has 13 heteroatoms. The second-order valence-electron chi connectivity index (χ2n) is 13.4. The fourth-order valence-corrected chi connectivity index (χ4v) is 6.79. The van der Waals surface area contributed by atoms with Gasteiger partial charge in [0, 0.05) is 77.7 Å². The Labute approximate surface area is 327 Å². The number of pyridine rings is 3. The van der Waals surface area contributed by atoms with Gasteiger partial charge in [-0.25, -0.2) is 0 Å². The molecule has 0 radical (unpaired) electrons. The zero-order valence-corrected chi connectivity index (χ0v) is 30.7. The molecule has 3 N–H and O–H groups in total. The SMILES string of the molecule is COc1c2cccc1Cc1cc(N=Nc3cccnc3)cc(c1O)Cc1cc(N=Nc3cccnc3)cc(c1O)Cc1cc(N=Nc3cccnc3)cc(c1O)C2. The van der Waals surface area contributed by atoms with Gasteiger partial charge < -0.3 is 20.1 Å². The van der Waals surface area contributed by atoms with Crippen molar-refractivity contribution in [3.8, 4) is 23.0 Å². The number of phenols is 3. The van der Waals surface area contributed by atoms with E-state index in [1.807, 2.05) is 18.2 Å². The Hall–Kier alpha value is -7.67. The summed E-state index contributed by atoms with van der Waals surface area (Å²) in [6.45, 7) is 0. The number of para-hydroxylation sites is 1. The number of azo groups is 3. The number of nitrogens with zero attached hydrogens (tertiary/aromatic N) is 9. The lowest BCUT2D eigenvalue weighted by Crippen LogP contribution is -2.03. The van der Waals surface area contributed by atoms with Crippen LogP contribution in [0.15, 0.2) is 159 Å². The van der Waals surface area contributed by atoms with Gasteiger partial charge in [0.2, 0.25) is 0 Å². The Morgan fingerprint density at radius 3 is 0.982 bits per heavy atom. The highest BCUT2D eigenvalue weighted by Gasteiger charge is 2.22. The van der Waals surface area contributed by atoms with E-state index in [4.69, 9.17) is 4.74 Å². The predicted octanol–water partition coefficient (Wildman–Crippen LogP) is 10.9. The number of methoxy groups -OCH3 is 1. The van der Waals surface area contributed by atoms with Crippen molar-refractivity contribution in [2.24, 2.45) is 30.7 Å². The number of hydrogen-bond donors (Lipinski definition) is 3. The topological polar surface area (TPSA) is 183 Å². The molecule has 280 valence electrons. The fourth-order valence-electron chi connectivity index (χ4n) is 6.79. The van der Waals surface area contributed by atoms with Crippen LogP contribution in [-0.4, -0.2) is 37.4 Å². The first-order valence-electron chi connectivity index (χ1n) is 18.0. The molecule has 0 aliphatic heterocycles. The second-order valence-corrected chi connectivity index (χ2v) is 13.4. The van der Waals surface area contributed by atoms with E-state index in [-0.39, 0.29) is 42.9 Å². The van der Waals surface area contributed by atoms with Crippen molar-refractivity contribution in [3.63, 3.8) is 0 Å². The van der Waals surface area contributed by atoms with Crippen molar-refractivity contribution in [1.29, 1.82) is 0 Å². The molecule has 1 aliphatic rings. The van der Waals surface area contributed by atoms with Crippen LogP contribution in [0, 0.1) is 0 Å². The number of ether oxygens (including phenoxy) is 1. The Kier molecular flexibility index (Phi) is 10.4. The first kappa shape index (κ1) is 36.3. The Morgan fingerprint density at radius 1 is 0.404 bits per heavy atom. The molecule has 0 spiro atoms. The highest BCUT2D eigenvalue weighted by atomic mass is 16.5. The summed E-state index contributed by atoms with van der Waals surface area (Å²) in [6.07, 6.45) is 10.5. The quantitative estimate of drug-likeness (QED) is 0.135. The number of benzene rings is 4. The van der Waals surface area contributed by atoms with Gasteiger partial charge in [0.1, 0.15) is 40.1 Å². The fraction of sp³-hybridized carbons (Fsp3) is 0.114. The van der Waals surface area contributed by atoms with E-state index >= 15 is 0 Å². The molecule has 3 heterocycles. The predicted molar refractivity (Wildman–Crippen MR) is 214 cm³/mol. The summed E-state index contributed by atoms with van der Waals surface area (Å²) in [5, 5.41) is 62.5. The van der Waals surface area contributed by atoms with Gasteiger partial charge in [-0.05, 0) is 83.9 Å². The Bertz CT molecular complexity index is 2500. The van der Waals surface area contributed by atoms with E-state index in [9.17, 15) is 15.3 Å². The van der Waals surface area contributed by atoms with E-state index in [0.717, 1.165) is 11.1 Å². The Balaban J connectivity index is 1.32. The minimum Gasteiger partial charge on any atom is -0.507 e. The average molecular weight is 754 g/mol. The lowest BCUT2D eigenvalue weighted by atomic mass is 9.90. The van der Waals surface area contributed by atoms with Crippen molar-refractivity contribution in [3.05, 3.63) is 173 Å². The molecule has 0 saturated heterocycles. The van der Waals surface area contributed by atoms with E-state index in [1.54, 1.807) is 117 Å². The number of hydrogen-bond acceptors (Lipinski definition) is 13. The number of phenolic OH excluding ortho intramolecular Hbond substituents is 3. The van der Waals surface area contributed by atoms with Gasteiger partial charge in [0.05, 0.1) is 42.8 Å². The zero-order valence-electron chi connectivity index (χ0n) is 30.7. The lowest BCUT2D eigenvalue weighted by molar-refractivity contribution is 0.405. The minimum atomic E-state index is -0.0269. The van der Waals surface area contributed by atoms with Crippen LogP contribution in [0.3, 0.4) is 0 Å². The van der Waals surface area contributed by atoms with Gasteiger partial charge >= 0.3 is 0 Å². The van der Waals surface area contributed by atoms with Crippen molar-refractivity contribution >= 4 is 34.1 Å². The molecule has 3 aromatic heterocycles. The van der Waals surface area contributed by atoms with Gasteiger partial charge in [-0.15, -0.1) is 15.3 Å². The number of rotatable bonds is 7. The molecule has 0 unspecified atom stereocenters. The zero-order chi connectivity index (χ0) is 39.1. The Morgan fingerprint density at radius 2 is 0.702 bits per heavy atom. The average Bonchev–Trinajstić information content (AvgIpc) is 3.24. The highest BCUT2D eigenvalue weighted by molar-refractivity contribution is 5.62. The van der Waals surface area contributed by atoms with Gasteiger partial charge in [-0.2, -0.15) is 15.3 Å². The maximum atomic E-state index is 12.0. The van der Waals surface area contributed by atoms with Crippen LogP contribution in [0.4, 0.5) is 34.1 Å². The van der Waals surface area contributed by atoms with E-state index in [1.165, 1.54) is 0 Å². The molecule has 1 aliphatic carbocycles. The minimum absolute atomic E-state index is 0.0269. The molecule has 0 atom stereocenters. The maximum Gasteiger partial charge on any atom is 0.125 e. The standard InChI is InChI=1S/C44H35N9O4/c1-57-44-27-6-2-7-28(44)15-30-19-39(52-49-36-9-4-12-46-25-36)21-32(42(30)55)17-34-23-40(53-50-37-10-5-13-47-26-37)22-33(43(34)56)16-31-20-38(18-29(14-27)41(31)54)51-48-35-8-3-11-45-24-35/h2-13,18-26,54-56H,14-17H2,1H3.